The Kier molecular flexibility index (Phi) is 4.82. The molecular formula is C15H15Cl2FN2S. The molecule has 0 aliphatic carbocycles. The van der Waals surface area contributed by atoms with E-state index in [1.807, 2.05) is 12.1 Å². The van der Waals surface area contributed by atoms with Crippen molar-refractivity contribution < 1.29 is 4.39 Å². The Morgan fingerprint density at radius 1 is 1.14 bits per heavy atom. The molecule has 1 aliphatic rings. The minimum Gasteiger partial charge on any atom is -0.314 e. The molecule has 21 heavy (non-hydrogen) atoms. The predicted octanol–water partition coefficient (Wildman–Crippen LogP) is 4.19. The van der Waals surface area contributed by atoms with E-state index in [9.17, 15) is 4.39 Å². The fourth-order valence-corrected chi connectivity index (χ4v) is 4.04. The number of rotatable bonds is 3. The van der Waals surface area contributed by atoms with Gasteiger partial charge >= 0.3 is 0 Å². The highest BCUT2D eigenvalue weighted by Crippen LogP contribution is 2.37. The smallest absolute Gasteiger partial charge is 0.129 e. The molecule has 1 aliphatic heterocycles. The molecule has 0 amide bonds. The van der Waals surface area contributed by atoms with Crippen molar-refractivity contribution in [3.63, 3.8) is 0 Å². The van der Waals surface area contributed by atoms with Gasteiger partial charge in [-0.05, 0) is 24.3 Å². The maximum atomic E-state index is 14.4. The van der Waals surface area contributed by atoms with E-state index in [1.54, 1.807) is 12.1 Å². The first-order valence-electron chi connectivity index (χ1n) is 6.80. The molecule has 0 unspecified atom stereocenters. The Labute approximate surface area is 137 Å². The molecule has 1 saturated heterocycles. The van der Waals surface area contributed by atoms with Crippen LogP contribution in [0.4, 0.5) is 4.39 Å². The van der Waals surface area contributed by atoms with Crippen LogP contribution in [0.15, 0.2) is 30.3 Å². The third kappa shape index (κ3) is 3.41. The lowest BCUT2D eigenvalue weighted by atomic mass is 10.0. The number of nitrogens with zero attached hydrogens (tertiary/aromatic N) is 1. The van der Waals surface area contributed by atoms with E-state index in [-0.39, 0.29) is 11.9 Å². The van der Waals surface area contributed by atoms with Crippen LogP contribution in [0.3, 0.4) is 0 Å². The van der Waals surface area contributed by atoms with Gasteiger partial charge < -0.3 is 5.32 Å². The van der Waals surface area contributed by atoms with Crippen LogP contribution in [0.25, 0.3) is 0 Å². The Morgan fingerprint density at radius 3 is 2.52 bits per heavy atom. The number of hydrogen-bond acceptors (Lipinski definition) is 3. The Bertz CT molecular complexity index is 626. The van der Waals surface area contributed by atoms with Crippen molar-refractivity contribution >= 4 is 34.5 Å². The second kappa shape index (κ2) is 6.63. The number of halogens is 3. The molecule has 2 aromatic rings. The van der Waals surface area contributed by atoms with Crippen LogP contribution in [0.1, 0.15) is 16.5 Å². The molecule has 1 aromatic heterocycles. The fraction of sp³-hybridized carbons (Fsp3) is 0.333. The van der Waals surface area contributed by atoms with E-state index >= 15 is 0 Å². The minimum absolute atomic E-state index is 0.109. The number of nitrogens with one attached hydrogen (secondary N) is 1. The third-order valence-corrected chi connectivity index (χ3v) is 5.16. The first-order valence-corrected chi connectivity index (χ1v) is 8.37. The summed E-state index contributed by atoms with van der Waals surface area (Å²) in [5, 5.41) is 3.74. The zero-order valence-electron chi connectivity index (χ0n) is 11.3. The lowest BCUT2D eigenvalue weighted by Gasteiger charge is -2.34. The maximum absolute atomic E-state index is 14.4. The second-order valence-electron chi connectivity index (χ2n) is 5.00. The largest absolute Gasteiger partial charge is 0.314 e. The predicted molar refractivity (Wildman–Crippen MR) is 87.0 cm³/mol. The first kappa shape index (κ1) is 15.3. The van der Waals surface area contributed by atoms with Crippen molar-refractivity contribution in [2.45, 2.75) is 6.04 Å². The van der Waals surface area contributed by atoms with E-state index in [2.05, 4.69) is 10.2 Å². The standard InChI is InChI=1S/C15H15Cl2FN2S/c16-10-1-2-11(12(18)9-10)15(13-3-4-14(17)21-13)20-7-5-19-6-8-20/h1-4,9,15,19H,5-8H2/t15-/m0/s1. The summed E-state index contributed by atoms with van der Waals surface area (Å²) in [4.78, 5) is 3.34. The van der Waals surface area contributed by atoms with Crippen LogP contribution >= 0.6 is 34.5 Å². The van der Waals surface area contributed by atoms with Crippen molar-refractivity contribution in [3.05, 3.63) is 55.9 Å². The van der Waals surface area contributed by atoms with Gasteiger partial charge in [0.1, 0.15) is 5.82 Å². The summed E-state index contributed by atoms with van der Waals surface area (Å²) in [7, 11) is 0. The summed E-state index contributed by atoms with van der Waals surface area (Å²) in [6.45, 7) is 3.57. The van der Waals surface area contributed by atoms with Gasteiger partial charge in [-0.1, -0.05) is 29.3 Å². The van der Waals surface area contributed by atoms with Gasteiger partial charge in [-0.25, -0.2) is 4.39 Å². The summed E-state index contributed by atoms with van der Waals surface area (Å²) < 4.78 is 15.1. The summed E-state index contributed by atoms with van der Waals surface area (Å²) in [6, 6.07) is 8.63. The molecule has 1 atom stereocenters. The third-order valence-electron chi connectivity index (χ3n) is 3.64. The molecule has 0 bridgehead atoms. The number of hydrogen-bond donors (Lipinski definition) is 1. The molecule has 6 heteroatoms. The normalized spacial score (nSPS) is 17.9. The zero-order valence-corrected chi connectivity index (χ0v) is 13.6. The van der Waals surface area contributed by atoms with Crippen LogP contribution in [-0.4, -0.2) is 31.1 Å². The van der Waals surface area contributed by atoms with Crippen LogP contribution in [0.2, 0.25) is 9.36 Å². The highest BCUT2D eigenvalue weighted by Gasteiger charge is 2.27. The second-order valence-corrected chi connectivity index (χ2v) is 7.18. The van der Waals surface area contributed by atoms with Crippen molar-refractivity contribution in [1.82, 2.24) is 10.2 Å². The lowest BCUT2D eigenvalue weighted by molar-refractivity contribution is 0.197. The average Bonchev–Trinajstić information content (AvgIpc) is 2.89. The molecule has 0 saturated carbocycles. The van der Waals surface area contributed by atoms with Crippen LogP contribution < -0.4 is 5.32 Å². The first-order chi connectivity index (χ1) is 10.1. The number of thiophene rings is 1. The SMILES string of the molecule is Fc1cc(Cl)ccc1[C@@H](c1ccc(Cl)s1)N1CCNCC1. The van der Waals surface area contributed by atoms with Crippen molar-refractivity contribution in [2.75, 3.05) is 26.2 Å². The van der Waals surface area contributed by atoms with E-state index in [1.165, 1.54) is 17.4 Å². The molecule has 1 N–H and O–H groups in total. The molecule has 3 rings (SSSR count). The molecule has 112 valence electrons. The van der Waals surface area contributed by atoms with Crippen LogP contribution in [-0.2, 0) is 0 Å². The Hall–Kier alpha value is -0.650. The van der Waals surface area contributed by atoms with Gasteiger partial charge in [0.15, 0.2) is 0 Å². The maximum Gasteiger partial charge on any atom is 0.129 e. The fourth-order valence-electron chi connectivity index (χ4n) is 2.67. The van der Waals surface area contributed by atoms with Crippen molar-refractivity contribution in [2.24, 2.45) is 0 Å². The molecule has 1 aromatic carbocycles. The van der Waals surface area contributed by atoms with Gasteiger partial charge in [0.05, 0.1) is 10.4 Å². The average molecular weight is 345 g/mol. The van der Waals surface area contributed by atoms with Gasteiger partial charge in [0, 0.05) is 41.6 Å². The van der Waals surface area contributed by atoms with E-state index in [4.69, 9.17) is 23.2 Å². The summed E-state index contributed by atoms with van der Waals surface area (Å²) >= 11 is 13.4. The molecule has 2 heterocycles. The van der Waals surface area contributed by atoms with Gasteiger partial charge in [0.2, 0.25) is 0 Å². The van der Waals surface area contributed by atoms with Crippen molar-refractivity contribution in [1.29, 1.82) is 0 Å². The lowest BCUT2D eigenvalue weighted by Crippen LogP contribution is -2.45. The number of benzene rings is 1. The van der Waals surface area contributed by atoms with E-state index in [0.29, 0.717) is 10.6 Å². The molecule has 0 radical (unpaired) electrons. The summed E-state index contributed by atoms with van der Waals surface area (Å²) in [6.07, 6.45) is 0. The van der Waals surface area contributed by atoms with Crippen molar-refractivity contribution in [3.8, 4) is 0 Å². The summed E-state index contributed by atoms with van der Waals surface area (Å²) in [5.41, 5.74) is 0.653. The van der Waals surface area contributed by atoms with Crippen LogP contribution in [0, 0.1) is 5.82 Å². The highest BCUT2D eigenvalue weighted by molar-refractivity contribution is 7.16. The van der Waals surface area contributed by atoms with Gasteiger partial charge in [-0.3, -0.25) is 4.90 Å². The highest BCUT2D eigenvalue weighted by atomic mass is 35.5. The van der Waals surface area contributed by atoms with Gasteiger partial charge in [0.25, 0.3) is 0 Å². The summed E-state index contributed by atoms with van der Waals surface area (Å²) in [5.74, 6) is -0.268. The Balaban J connectivity index is 2.02. The zero-order chi connectivity index (χ0) is 14.8. The molecule has 1 fully saturated rings. The van der Waals surface area contributed by atoms with E-state index in [0.717, 1.165) is 35.4 Å². The monoisotopic (exact) mass is 344 g/mol. The number of piperazine rings is 1. The molecule has 0 spiro atoms. The topological polar surface area (TPSA) is 15.3 Å². The Morgan fingerprint density at radius 2 is 1.90 bits per heavy atom. The van der Waals surface area contributed by atoms with Gasteiger partial charge in [-0.15, -0.1) is 11.3 Å². The van der Waals surface area contributed by atoms with Crippen LogP contribution in [0.5, 0.6) is 0 Å². The molecular weight excluding hydrogens is 330 g/mol. The quantitative estimate of drug-likeness (QED) is 0.897. The molecule has 2 nitrogen and oxygen atoms in total. The van der Waals surface area contributed by atoms with E-state index < -0.39 is 0 Å². The minimum atomic E-state index is -0.268. The van der Waals surface area contributed by atoms with Gasteiger partial charge in [-0.2, -0.15) is 0 Å².